The first-order valence-electron chi connectivity index (χ1n) is 14.6. The van der Waals surface area contributed by atoms with E-state index in [-0.39, 0.29) is 13.0 Å². The number of primary amides is 1. The van der Waals surface area contributed by atoms with Gasteiger partial charge < -0.3 is 36.8 Å². The molecule has 14 heteroatoms. The van der Waals surface area contributed by atoms with Crippen molar-refractivity contribution in [1.29, 1.82) is 0 Å². The Labute approximate surface area is 259 Å². The molecule has 0 bridgehead atoms. The van der Waals surface area contributed by atoms with Crippen LogP contribution < -0.4 is 21.7 Å². The molecular weight excluding hydrogens is 586 g/mol. The fourth-order valence-corrected chi connectivity index (χ4v) is 5.38. The molecule has 1 fully saturated rings. The molecule has 14 nitrogen and oxygen atoms in total. The van der Waals surface area contributed by atoms with E-state index >= 15 is 0 Å². The lowest BCUT2D eigenvalue weighted by Gasteiger charge is -2.30. The van der Waals surface area contributed by atoms with E-state index in [9.17, 15) is 38.7 Å². The predicted molar refractivity (Wildman–Crippen MR) is 161 cm³/mol. The number of fused-ring (bicyclic) bond motifs is 1. The second kappa shape index (κ2) is 15.1. The Morgan fingerprint density at radius 1 is 0.889 bits per heavy atom. The summed E-state index contributed by atoms with van der Waals surface area (Å²) in [7, 11) is 0. The molecule has 0 aromatic heterocycles. The van der Waals surface area contributed by atoms with Gasteiger partial charge in [0.25, 0.3) is 0 Å². The van der Waals surface area contributed by atoms with E-state index in [1.165, 1.54) is 11.8 Å². The third-order valence-corrected chi connectivity index (χ3v) is 7.76. The molecule has 3 rings (SSSR count). The summed E-state index contributed by atoms with van der Waals surface area (Å²) in [5, 5.41) is 27.6. The molecule has 7 N–H and O–H groups in total. The van der Waals surface area contributed by atoms with Gasteiger partial charge in [-0.2, -0.15) is 0 Å². The molecule has 5 amide bonds. The van der Waals surface area contributed by atoms with E-state index in [1.807, 2.05) is 42.5 Å². The van der Waals surface area contributed by atoms with Gasteiger partial charge in [0.2, 0.25) is 29.5 Å². The Morgan fingerprint density at radius 2 is 1.56 bits per heavy atom. The van der Waals surface area contributed by atoms with Gasteiger partial charge >= 0.3 is 11.9 Å². The average Bonchev–Trinajstić information content (AvgIpc) is 3.42. The zero-order chi connectivity index (χ0) is 33.4. The number of amides is 5. The van der Waals surface area contributed by atoms with Crippen LogP contribution in [0.25, 0.3) is 10.8 Å². The number of carboxylic acid groups (broad SMARTS) is 2. The van der Waals surface area contributed by atoms with Crippen molar-refractivity contribution >= 4 is 52.2 Å². The first kappa shape index (κ1) is 34.5. The second-order valence-corrected chi connectivity index (χ2v) is 11.5. The van der Waals surface area contributed by atoms with Crippen molar-refractivity contribution < 1.29 is 43.8 Å². The van der Waals surface area contributed by atoms with Gasteiger partial charge in [0.1, 0.15) is 24.2 Å². The molecule has 1 aliphatic heterocycles. The minimum absolute atomic E-state index is 0.151. The number of hydrogen-bond acceptors (Lipinski definition) is 7. The highest BCUT2D eigenvalue weighted by molar-refractivity contribution is 5.97. The molecular formula is C31H39N5O9. The molecule has 5 unspecified atom stereocenters. The van der Waals surface area contributed by atoms with Crippen molar-refractivity contribution in [3.8, 4) is 0 Å². The van der Waals surface area contributed by atoms with Gasteiger partial charge in [0, 0.05) is 18.9 Å². The van der Waals surface area contributed by atoms with Crippen LogP contribution in [-0.4, -0.2) is 87.3 Å². The molecule has 0 spiro atoms. The Kier molecular flexibility index (Phi) is 11.6. The van der Waals surface area contributed by atoms with Crippen LogP contribution in [0, 0.1) is 5.92 Å². The highest BCUT2D eigenvalue weighted by Crippen LogP contribution is 2.36. The monoisotopic (exact) mass is 625 g/mol. The maximum absolute atomic E-state index is 13.9. The Morgan fingerprint density at radius 3 is 2.16 bits per heavy atom. The van der Waals surface area contributed by atoms with Crippen LogP contribution in [0.3, 0.4) is 0 Å². The Bertz CT molecular complexity index is 1480. The fourth-order valence-electron chi connectivity index (χ4n) is 5.38. The van der Waals surface area contributed by atoms with Gasteiger partial charge in [0.15, 0.2) is 0 Å². The summed E-state index contributed by atoms with van der Waals surface area (Å²) in [6.07, 6.45) is -1.03. The molecule has 242 valence electrons. The molecule has 45 heavy (non-hydrogen) atoms. The van der Waals surface area contributed by atoms with Crippen molar-refractivity contribution in [3.63, 3.8) is 0 Å². The van der Waals surface area contributed by atoms with Crippen LogP contribution in [0.15, 0.2) is 42.5 Å². The zero-order valence-corrected chi connectivity index (χ0v) is 25.3. The van der Waals surface area contributed by atoms with Crippen LogP contribution in [-0.2, 0) is 33.6 Å². The average molecular weight is 626 g/mol. The number of nitrogens with two attached hydrogens (primary N) is 1. The van der Waals surface area contributed by atoms with Crippen LogP contribution in [0.5, 0.6) is 0 Å². The van der Waals surface area contributed by atoms with E-state index < -0.39 is 90.3 Å². The normalized spacial score (nSPS) is 18.1. The topological polar surface area (TPSA) is 225 Å². The summed E-state index contributed by atoms with van der Waals surface area (Å²) in [6, 6.07) is 8.10. The third kappa shape index (κ3) is 9.00. The predicted octanol–water partition coefficient (Wildman–Crippen LogP) is 0.479. The third-order valence-electron chi connectivity index (χ3n) is 7.76. The molecule has 0 saturated carbocycles. The molecule has 1 heterocycles. The number of hydrogen-bond donors (Lipinski definition) is 6. The number of rotatable bonds is 14. The standard InChI is InChI=1S/C31H39N5O9/c1-16(2)26(31(44)45)35-28(41)17(3)33-29(42)22(15-23(32)37)34-30(43)27-21(12-13-36(27)24(38)10-11-25(39)40)20-9-8-18-6-4-5-7-19(18)14-20/h4-9,14,16-17,21-22,26-27H,10-13,15H2,1-3H3,(H2,32,37)(H,33,42)(H,34,43)(H,35,41)(H,39,40)(H,44,45). The van der Waals surface area contributed by atoms with E-state index in [0.717, 1.165) is 16.3 Å². The van der Waals surface area contributed by atoms with E-state index in [1.54, 1.807) is 13.8 Å². The number of nitrogens with zero attached hydrogens (tertiary/aromatic N) is 1. The molecule has 5 atom stereocenters. The summed E-state index contributed by atoms with van der Waals surface area (Å²) in [5.74, 6) is -7.36. The highest BCUT2D eigenvalue weighted by atomic mass is 16.4. The molecule has 2 aromatic carbocycles. The second-order valence-electron chi connectivity index (χ2n) is 11.5. The summed E-state index contributed by atoms with van der Waals surface area (Å²) in [4.78, 5) is 88.6. The molecule has 1 saturated heterocycles. The lowest BCUT2D eigenvalue weighted by atomic mass is 9.89. The number of likely N-dealkylation sites (tertiary alicyclic amines) is 1. The van der Waals surface area contributed by atoms with Crippen LogP contribution in [0.4, 0.5) is 0 Å². The van der Waals surface area contributed by atoms with Gasteiger partial charge in [-0.05, 0) is 35.6 Å². The number of aliphatic carboxylic acids is 2. The lowest BCUT2D eigenvalue weighted by Crippen LogP contribution is -2.58. The molecule has 0 aliphatic carbocycles. The largest absolute Gasteiger partial charge is 0.481 e. The number of carbonyl (C=O) groups excluding carboxylic acids is 5. The minimum atomic E-state index is -1.53. The maximum Gasteiger partial charge on any atom is 0.326 e. The number of carboxylic acids is 2. The van der Waals surface area contributed by atoms with Crippen molar-refractivity contribution in [1.82, 2.24) is 20.9 Å². The van der Waals surface area contributed by atoms with E-state index in [0.29, 0.717) is 6.42 Å². The SMILES string of the molecule is CC(NC(=O)C(CC(N)=O)NC(=O)C1C(c2ccc3ccccc3c2)CCN1C(=O)CCC(=O)O)C(=O)NC(C(=O)O)C(C)C. The van der Waals surface area contributed by atoms with Gasteiger partial charge in [-0.25, -0.2) is 4.79 Å². The minimum Gasteiger partial charge on any atom is -0.481 e. The molecule has 2 aromatic rings. The first-order chi connectivity index (χ1) is 21.2. The van der Waals surface area contributed by atoms with Crippen LogP contribution >= 0.6 is 0 Å². The van der Waals surface area contributed by atoms with Gasteiger partial charge in [-0.15, -0.1) is 0 Å². The van der Waals surface area contributed by atoms with Crippen molar-refractivity contribution in [2.75, 3.05) is 6.54 Å². The van der Waals surface area contributed by atoms with E-state index in [4.69, 9.17) is 10.8 Å². The van der Waals surface area contributed by atoms with Gasteiger partial charge in [-0.3, -0.25) is 28.8 Å². The molecule has 1 aliphatic rings. The van der Waals surface area contributed by atoms with Crippen LogP contribution in [0.2, 0.25) is 0 Å². The maximum atomic E-state index is 13.9. The van der Waals surface area contributed by atoms with Crippen LogP contribution in [0.1, 0.15) is 57.9 Å². The van der Waals surface area contributed by atoms with Crippen molar-refractivity contribution in [2.24, 2.45) is 11.7 Å². The van der Waals surface area contributed by atoms with Crippen molar-refractivity contribution in [2.45, 2.75) is 76.5 Å². The summed E-state index contributed by atoms with van der Waals surface area (Å²) >= 11 is 0. The zero-order valence-electron chi connectivity index (χ0n) is 25.3. The van der Waals surface area contributed by atoms with E-state index in [2.05, 4.69) is 16.0 Å². The molecule has 0 radical (unpaired) electrons. The quantitative estimate of drug-likeness (QED) is 0.171. The number of benzene rings is 2. The fraction of sp³-hybridized carbons (Fsp3) is 0.452. The van der Waals surface area contributed by atoms with Crippen molar-refractivity contribution in [3.05, 3.63) is 48.0 Å². The lowest BCUT2D eigenvalue weighted by molar-refractivity contribution is -0.144. The smallest absolute Gasteiger partial charge is 0.326 e. The Balaban J connectivity index is 1.86. The Hall–Kier alpha value is -5.01. The van der Waals surface area contributed by atoms with Gasteiger partial charge in [0.05, 0.1) is 12.8 Å². The number of nitrogens with one attached hydrogen (secondary N) is 3. The summed E-state index contributed by atoms with van der Waals surface area (Å²) < 4.78 is 0. The summed E-state index contributed by atoms with van der Waals surface area (Å²) in [6.45, 7) is 4.67. The highest BCUT2D eigenvalue weighted by Gasteiger charge is 2.43. The summed E-state index contributed by atoms with van der Waals surface area (Å²) in [5.41, 5.74) is 6.11. The number of carbonyl (C=O) groups is 7. The first-order valence-corrected chi connectivity index (χ1v) is 14.6. The van der Waals surface area contributed by atoms with Gasteiger partial charge in [-0.1, -0.05) is 56.3 Å².